The molecule has 0 radical (unpaired) electrons. The molecule has 1 heterocycles. The number of methoxy groups -OCH3 is 1. The maximum Gasteiger partial charge on any atom is 0.159 e. The number of ketones is 1. The van der Waals surface area contributed by atoms with Crippen LogP contribution in [-0.2, 0) is 15.3 Å². The summed E-state index contributed by atoms with van der Waals surface area (Å²) in [5, 5.41) is 0. The topological polar surface area (TPSA) is 38.8 Å². The molecule has 4 heteroatoms. The van der Waals surface area contributed by atoms with E-state index in [1.54, 1.807) is 7.11 Å². The highest BCUT2D eigenvalue weighted by Crippen LogP contribution is 2.49. The first kappa shape index (κ1) is 16.0. The molecule has 1 saturated heterocycles. The molecule has 1 atom stereocenters. The fourth-order valence-electron chi connectivity index (χ4n) is 3.40. The first-order chi connectivity index (χ1) is 9.90. The average molecular weight is 291 g/mol. The summed E-state index contributed by atoms with van der Waals surface area (Å²) < 4.78 is 11.5. The monoisotopic (exact) mass is 291 g/mol. The van der Waals surface area contributed by atoms with Crippen molar-refractivity contribution in [3.05, 3.63) is 29.8 Å². The maximum atomic E-state index is 12.5. The Morgan fingerprint density at radius 2 is 2.05 bits per heavy atom. The lowest BCUT2D eigenvalue weighted by molar-refractivity contribution is -0.230. The van der Waals surface area contributed by atoms with Crippen LogP contribution in [0.4, 0.5) is 0 Å². The second-order valence-electron chi connectivity index (χ2n) is 6.03. The second-order valence-corrected chi connectivity index (χ2v) is 6.03. The molecule has 1 aromatic rings. The smallest absolute Gasteiger partial charge is 0.159 e. The number of carbonyl (C=O) groups excluding carboxylic acids is 1. The number of likely N-dealkylation sites (tertiary alicyclic amines) is 1. The summed E-state index contributed by atoms with van der Waals surface area (Å²) >= 11 is 0. The number of piperidine rings is 1. The Balaban J connectivity index is 2.64. The van der Waals surface area contributed by atoms with E-state index in [1.807, 2.05) is 52.1 Å². The predicted octanol–water partition coefficient (Wildman–Crippen LogP) is 2.82. The van der Waals surface area contributed by atoms with Crippen molar-refractivity contribution in [2.75, 3.05) is 27.3 Å². The minimum absolute atomic E-state index is 0.233. The molecule has 0 amide bonds. The van der Waals surface area contributed by atoms with Gasteiger partial charge < -0.3 is 9.47 Å². The van der Waals surface area contributed by atoms with Gasteiger partial charge in [0.25, 0.3) is 0 Å². The predicted molar refractivity (Wildman–Crippen MR) is 82.3 cm³/mol. The van der Waals surface area contributed by atoms with Crippen LogP contribution in [0.2, 0.25) is 0 Å². The zero-order valence-corrected chi connectivity index (χ0v) is 13.6. The van der Waals surface area contributed by atoms with Crippen molar-refractivity contribution in [3.8, 4) is 5.75 Å². The lowest BCUT2D eigenvalue weighted by Crippen LogP contribution is -2.62. The Hall–Kier alpha value is -1.39. The fourth-order valence-corrected chi connectivity index (χ4v) is 3.40. The molecule has 1 aliphatic heterocycles. The van der Waals surface area contributed by atoms with Gasteiger partial charge in [0.05, 0.1) is 12.5 Å². The van der Waals surface area contributed by atoms with Gasteiger partial charge in [-0.25, -0.2) is 0 Å². The minimum Gasteiger partial charge on any atom is -0.497 e. The molecule has 0 saturated carbocycles. The Bertz CT molecular complexity index is 527. The van der Waals surface area contributed by atoms with Crippen molar-refractivity contribution in [1.82, 2.24) is 4.90 Å². The van der Waals surface area contributed by atoms with Crippen molar-refractivity contribution in [1.29, 1.82) is 0 Å². The molecular weight excluding hydrogens is 266 g/mol. The van der Waals surface area contributed by atoms with Crippen LogP contribution >= 0.6 is 0 Å². The number of nitrogens with zero attached hydrogens (tertiary/aromatic N) is 1. The summed E-state index contributed by atoms with van der Waals surface area (Å²) in [6, 6.07) is 7.82. The molecule has 0 spiro atoms. The van der Waals surface area contributed by atoms with Gasteiger partial charge >= 0.3 is 0 Å². The van der Waals surface area contributed by atoms with E-state index in [2.05, 4.69) is 4.90 Å². The summed E-state index contributed by atoms with van der Waals surface area (Å²) in [7, 11) is 3.66. The molecule has 0 bridgehead atoms. The Labute approximate surface area is 127 Å². The molecule has 1 unspecified atom stereocenters. The van der Waals surface area contributed by atoms with Gasteiger partial charge in [-0.2, -0.15) is 0 Å². The van der Waals surface area contributed by atoms with Crippen molar-refractivity contribution >= 4 is 5.78 Å². The van der Waals surface area contributed by atoms with Crippen LogP contribution in [0.25, 0.3) is 0 Å². The van der Waals surface area contributed by atoms with Crippen molar-refractivity contribution < 1.29 is 14.3 Å². The summed E-state index contributed by atoms with van der Waals surface area (Å²) in [6.07, 6.45) is 0.558. The number of hydrogen-bond donors (Lipinski definition) is 0. The number of Topliss-reactive ketones (excluding diaryl/α,β-unsaturated/α-hetero) is 1. The van der Waals surface area contributed by atoms with E-state index in [9.17, 15) is 4.79 Å². The molecule has 116 valence electrons. The third-order valence-corrected chi connectivity index (χ3v) is 4.57. The third-order valence-electron chi connectivity index (χ3n) is 4.57. The van der Waals surface area contributed by atoms with Crippen molar-refractivity contribution in [2.45, 2.75) is 32.9 Å². The van der Waals surface area contributed by atoms with Crippen LogP contribution in [0.1, 0.15) is 32.8 Å². The molecule has 1 aliphatic rings. The van der Waals surface area contributed by atoms with E-state index in [-0.39, 0.29) is 5.78 Å². The van der Waals surface area contributed by atoms with Crippen LogP contribution in [0, 0.1) is 5.41 Å². The number of rotatable bonds is 4. The van der Waals surface area contributed by atoms with E-state index in [4.69, 9.17) is 9.47 Å². The molecule has 21 heavy (non-hydrogen) atoms. The SMILES string of the molecule is CCOC1(c2cccc(OC)c2)N(C)CCC(=O)C1(C)C. The highest BCUT2D eigenvalue weighted by molar-refractivity contribution is 5.86. The van der Waals surface area contributed by atoms with Crippen LogP contribution in [0.3, 0.4) is 0 Å². The second kappa shape index (κ2) is 5.78. The quantitative estimate of drug-likeness (QED) is 0.855. The number of ether oxygens (including phenoxy) is 2. The normalized spacial score (nSPS) is 25.9. The number of carbonyl (C=O) groups is 1. The molecule has 0 N–H and O–H groups in total. The summed E-state index contributed by atoms with van der Waals surface area (Å²) in [5.41, 5.74) is -0.419. The zero-order valence-electron chi connectivity index (χ0n) is 13.6. The molecule has 1 aromatic carbocycles. The average Bonchev–Trinajstić information content (AvgIpc) is 2.48. The van der Waals surface area contributed by atoms with Crippen molar-refractivity contribution in [3.63, 3.8) is 0 Å². The van der Waals surface area contributed by atoms with Crippen LogP contribution in [0.5, 0.6) is 5.75 Å². The molecular formula is C17H25NO3. The maximum absolute atomic E-state index is 12.5. The molecule has 1 fully saturated rings. The van der Waals surface area contributed by atoms with Gasteiger partial charge in [0.1, 0.15) is 11.5 Å². The third kappa shape index (κ3) is 2.36. The molecule has 0 aromatic heterocycles. The van der Waals surface area contributed by atoms with E-state index in [0.717, 1.165) is 11.3 Å². The van der Waals surface area contributed by atoms with E-state index in [0.29, 0.717) is 19.6 Å². The molecule has 2 rings (SSSR count). The number of hydrogen-bond acceptors (Lipinski definition) is 4. The van der Waals surface area contributed by atoms with Gasteiger partial charge in [0.15, 0.2) is 5.72 Å². The Morgan fingerprint density at radius 1 is 1.33 bits per heavy atom. The largest absolute Gasteiger partial charge is 0.497 e. The van der Waals surface area contributed by atoms with Crippen LogP contribution in [-0.4, -0.2) is 38.0 Å². The summed E-state index contributed by atoms with van der Waals surface area (Å²) in [4.78, 5) is 14.7. The van der Waals surface area contributed by atoms with E-state index < -0.39 is 11.1 Å². The van der Waals surface area contributed by atoms with E-state index in [1.165, 1.54) is 0 Å². The first-order valence-corrected chi connectivity index (χ1v) is 7.43. The lowest BCUT2D eigenvalue weighted by Gasteiger charge is -2.54. The van der Waals surface area contributed by atoms with Gasteiger partial charge in [-0.05, 0) is 40.0 Å². The van der Waals surface area contributed by atoms with Crippen LogP contribution < -0.4 is 4.74 Å². The van der Waals surface area contributed by atoms with Gasteiger partial charge in [-0.15, -0.1) is 0 Å². The highest BCUT2D eigenvalue weighted by atomic mass is 16.5. The fraction of sp³-hybridized carbons (Fsp3) is 0.588. The highest BCUT2D eigenvalue weighted by Gasteiger charge is 2.57. The summed E-state index contributed by atoms with van der Waals surface area (Å²) in [6.45, 7) is 7.14. The van der Waals surface area contributed by atoms with E-state index >= 15 is 0 Å². The first-order valence-electron chi connectivity index (χ1n) is 7.43. The Morgan fingerprint density at radius 3 is 2.67 bits per heavy atom. The van der Waals surface area contributed by atoms with Gasteiger partial charge in [-0.1, -0.05) is 12.1 Å². The summed E-state index contributed by atoms with van der Waals surface area (Å²) in [5.74, 6) is 1.01. The van der Waals surface area contributed by atoms with Gasteiger partial charge in [0.2, 0.25) is 0 Å². The lowest BCUT2D eigenvalue weighted by atomic mass is 9.69. The molecule has 0 aliphatic carbocycles. The van der Waals surface area contributed by atoms with Gasteiger partial charge in [0, 0.05) is 25.1 Å². The number of benzene rings is 1. The zero-order chi connectivity index (χ0) is 15.7. The van der Waals surface area contributed by atoms with Crippen LogP contribution in [0.15, 0.2) is 24.3 Å². The van der Waals surface area contributed by atoms with Gasteiger partial charge in [-0.3, -0.25) is 9.69 Å². The minimum atomic E-state index is -0.758. The molecule has 4 nitrogen and oxygen atoms in total. The Kier molecular flexibility index (Phi) is 4.40. The standard InChI is InChI=1S/C17H25NO3/c1-6-21-17(13-8-7-9-14(12-13)20-5)16(2,3)15(19)10-11-18(17)4/h7-9,12H,6,10-11H2,1-5H3. The van der Waals surface area contributed by atoms with Crippen molar-refractivity contribution in [2.24, 2.45) is 5.41 Å².